The molecule has 0 bridgehead atoms. The Bertz CT molecular complexity index is 940. The Labute approximate surface area is 158 Å². The number of aromatic hydroxyl groups is 1. The molecular weight excluding hydrogens is 340 g/mol. The van der Waals surface area contributed by atoms with Gasteiger partial charge in [-0.1, -0.05) is 30.3 Å². The molecule has 138 valence electrons. The molecule has 27 heavy (non-hydrogen) atoms. The average Bonchev–Trinajstić information content (AvgIpc) is 2.68. The molecule has 0 saturated heterocycles. The van der Waals surface area contributed by atoms with Crippen LogP contribution in [0.4, 0.5) is 0 Å². The third-order valence-electron chi connectivity index (χ3n) is 4.49. The fourth-order valence-electron chi connectivity index (χ4n) is 2.91. The maximum atomic E-state index is 12.4. The normalized spacial score (nSPS) is 10.4. The number of amides is 1. The molecule has 5 heteroatoms. The van der Waals surface area contributed by atoms with E-state index in [1.807, 2.05) is 50.2 Å². The lowest BCUT2D eigenvalue weighted by molar-refractivity contribution is -0.127. The van der Waals surface area contributed by atoms with Gasteiger partial charge in [0.05, 0.1) is 6.42 Å². The summed E-state index contributed by atoms with van der Waals surface area (Å²) >= 11 is 0. The molecule has 1 aromatic heterocycles. The van der Waals surface area contributed by atoms with Gasteiger partial charge in [-0.15, -0.1) is 0 Å². The van der Waals surface area contributed by atoms with Crippen LogP contribution in [0.25, 0.3) is 0 Å². The van der Waals surface area contributed by atoms with Crippen LogP contribution in [-0.2, 0) is 17.6 Å². The van der Waals surface area contributed by atoms with E-state index in [-0.39, 0.29) is 18.1 Å². The number of nitrogens with zero attached hydrogens (tertiary/aromatic N) is 1. The topological polar surface area (TPSA) is 71.5 Å². The first-order valence-corrected chi connectivity index (χ1v) is 8.75. The zero-order valence-corrected chi connectivity index (χ0v) is 15.4. The Morgan fingerprint density at radius 2 is 1.93 bits per heavy atom. The molecule has 2 N–H and O–H groups in total. The molecule has 5 nitrogen and oxygen atoms in total. The van der Waals surface area contributed by atoms with Crippen LogP contribution < -0.4 is 10.3 Å². The standard InChI is InChI=1S/C22H22N2O3/c1-15-6-3-4-8-21(15)27-24-22(26)13-19-16(2)20(25)10-9-18(19)12-17-7-5-11-23-14-17/h3-11,14,25H,12-13H2,1-2H3,(H,24,26). The number of phenolic OH excluding ortho intramolecular Hbond substituents is 1. The van der Waals surface area contributed by atoms with Crippen molar-refractivity contribution in [1.29, 1.82) is 0 Å². The van der Waals surface area contributed by atoms with Gasteiger partial charge in [0, 0.05) is 12.4 Å². The third kappa shape index (κ3) is 4.64. The van der Waals surface area contributed by atoms with Crippen LogP contribution in [0, 0.1) is 13.8 Å². The SMILES string of the molecule is Cc1ccccc1ONC(=O)Cc1c(Cc2cccnc2)ccc(O)c1C. The van der Waals surface area contributed by atoms with E-state index >= 15 is 0 Å². The van der Waals surface area contributed by atoms with Crippen LogP contribution in [0.2, 0.25) is 0 Å². The number of para-hydroxylation sites is 1. The number of nitrogens with one attached hydrogen (secondary N) is 1. The molecule has 0 atom stereocenters. The summed E-state index contributed by atoms with van der Waals surface area (Å²) in [6, 6.07) is 14.8. The predicted molar refractivity (Wildman–Crippen MR) is 104 cm³/mol. The summed E-state index contributed by atoms with van der Waals surface area (Å²) in [4.78, 5) is 22.0. The number of aryl methyl sites for hydroxylation is 1. The summed E-state index contributed by atoms with van der Waals surface area (Å²) in [7, 11) is 0. The Morgan fingerprint density at radius 1 is 1.11 bits per heavy atom. The number of phenols is 1. The van der Waals surface area contributed by atoms with Crippen molar-refractivity contribution in [3.8, 4) is 11.5 Å². The van der Waals surface area contributed by atoms with Crippen molar-refractivity contribution in [2.75, 3.05) is 0 Å². The highest BCUT2D eigenvalue weighted by Crippen LogP contribution is 2.26. The summed E-state index contributed by atoms with van der Waals surface area (Å²) < 4.78 is 0. The van der Waals surface area contributed by atoms with Crippen molar-refractivity contribution >= 4 is 5.91 Å². The molecule has 3 aromatic rings. The molecule has 0 aliphatic carbocycles. The Balaban J connectivity index is 1.75. The monoisotopic (exact) mass is 362 g/mol. The van der Waals surface area contributed by atoms with Gasteiger partial charge in [-0.3, -0.25) is 9.78 Å². The zero-order chi connectivity index (χ0) is 19.2. The summed E-state index contributed by atoms with van der Waals surface area (Å²) in [6.45, 7) is 3.72. The van der Waals surface area contributed by atoms with Gasteiger partial charge in [-0.2, -0.15) is 5.48 Å². The van der Waals surface area contributed by atoms with E-state index in [0.717, 1.165) is 22.3 Å². The number of carbonyl (C=O) groups is 1. The van der Waals surface area contributed by atoms with Gasteiger partial charge in [0.15, 0.2) is 5.75 Å². The zero-order valence-electron chi connectivity index (χ0n) is 15.4. The van der Waals surface area contributed by atoms with Crippen molar-refractivity contribution in [3.05, 3.63) is 88.7 Å². The summed E-state index contributed by atoms with van der Waals surface area (Å²) in [6.07, 6.45) is 4.27. The molecule has 3 rings (SSSR count). The predicted octanol–water partition coefficient (Wildman–Crippen LogP) is 3.65. The molecule has 1 heterocycles. The second-order valence-corrected chi connectivity index (χ2v) is 6.45. The lowest BCUT2D eigenvalue weighted by Gasteiger charge is -2.15. The largest absolute Gasteiger partial charge is 0.508 e. The lowest BCUT2D eigenvalue weighted by atomic mass is 9.94. The Hall–Kier alpha value is -3.34. The number of benzene rings is 2. The Kier molecular flexibility index (Phi) is 5.71. The number of aromatic nitrogens is 1. The number of pyridine rings is 1. The second kappa shape index (κ2) is 8.36. The first-order chi connectivity index (χ1) is 13.0. The van der Waals surface area contributed by atoms with Gasteiger partial charge in [-0.05, 0) is 66.3 Å². The molecular formula is C22H22N2O3. The molecule has 0 saturated carbocycles. The fourth-order valence-corrected chi connectivity index (χ4v) is 2.91. The molecule has 0 radical (unpaired) electrons. The van der Waals surface area contributed by atoms with Crippen molar-refractivity contribution in [2.45, 2.75) is 26.7 Å². The maximum Gasteiger partial charge on any atom is 0.257 e. The summed E-state index contributed by atoms with van der Waals surface area (Å²) in [5.41, 5.74) is 6.94. The van der Waals surface area contributed by atoms with E-state index in [2.05, 4.69) is 10.5 Å². The van der Waals surface area contributed by atoms with E-state index in [1.54, 1.807) is 24.5 Å². The molecule has 0 aliphatic heterocycles. The van der Waals surface area contributed by atoms with Crippen LogP contribution in [-0.4, -0.2) is 16.0 Å². The maximum absolute atomic E-state index is 12.4. The smallest absolute Gasteiger partial charge is 0.257 e. The van der Waals surface area contributed by atoms with Crippen LogP contribution in [0.15, 0.2) is 60.9 Å². The number of carbonyl (C=O) groups excluding carboxylic acids is 1. The number of hydroxylamine groups is 1. The highest BCUT2D eigenvalue weighted by atomic mass is 16.7. The van der Waals surface area contributed by atoms with Crippen molar-refractivity contribution in [2.24, 2.45) is 0 Å². The molecule has 0 spiro atoms. The minimum atomic E-state index is -0.278. The van der Waals surface area contributed by atoms with E-state index in [4.69, 9.17) is 4.84 Å². The van der Waals surface area contributed by atoms with Crippen molar-refractivity contribution in [1.82, 2.24) is 10.5 Å². The number of rotatable bonds is 6. The first kappa shape index (κ1) is 18.5. The molecule has 2 aromatic carbocycles. The number of hydrogen-bond acceptors (Lipinski definition) is 4. The molecule has 0 unspecified atom stereocenters. The summed E-state index contributed by atoms with van der Waals surface area (Å²) in [5.74, 6) is 0.501. The van der Waals surface area contributed by atoms with Crippen LogP contribution in [0.5, 0.6) is 11.5 Å². The van der Waals surface area contributed by atoms with Gasteiger partial charge in [0.25, 0.3) is 5.91 Å². The number of hydrogen-bond donors (Lipinski definition) is 2. The quantitative estimate of drug-likeness (QED) is 0.657. The third-order valence-corrected chi connectivity index (χ3v) is 4.49. The van der Waals surface area contributed by atoms with Crippen LogP contribution >= 0.6 is 0 Å². The van der Waals surface area contributed by atoms with E-state index in [9.17, 15) is 9.90 Å². The molecule has 0 aliphatic rings. The van der Waals surface area contributed by atoms with E-state index < -0.39 is 0 Å². The highest BCUT2D eigenvalue weighted by molar-refractivity contribution is 5.79. The second-order valence-electron chi connectivity index (χ2n) is 6.45. The average molecular weight is 362 g/mol. The van der Waals surface area contributed by atoms with Gasteiger partial charge in [-0.25, -0.2) is 0 Å². The van der Waals surface area contributed by atoms with Crippen LogP contribution in [0.3, 0.4) is 0 Å². The van der Waals surface area contributed by atoms with Gasteiger partial charge in [0.1, 0.15) is 5.75 Å². The lowest BCUT2D eigenvalue weighted by Crippen LogP contribution is -2.29. The van der Waals surface area contributed by atoms with Gasteiger partial charge < -0.3 is 9.94 Å². The van der Waals surface area contributed by atoms with Crippen molar-refractivity contribution < 1.29 is 14.7 Å². The first-order valence-electron chi connectivity index (χ1n) is 8.75. The van der Waals surface area contributed by atoms with Gasteiger partial charge >= 0.3 is 0 Å². The minimum Gasteiger partial charge on any atom is -0.508 e. The van der Waals surface area contributed by atoms with Crippen LogP contribution in [0.1, 0.15) is 27.8 Å². The molecule has 1 amide bonds. The fraction of sp³-hybridized carbons (Fsp3) is 0.182. The molecule has 0 fully saturated rings. The van der Waals surface area contributed by atoms with E-state index in [1.165, 1.54) is 0 Å². The minimum absolute atomic E-state index is 0.113. The highest BCUT2D eigenvalue weighted by Gasteiger charge is 2.15. The Morgan fingerprint density at radius 3 is 2.67 bits per heavy atom. The van der Waals surface area contributed by atoms with Crippen molar-refractivity contribution in [3.63, 3.8) is 0 Å². The van der Waals surface area contributed by atoms with E-state index in [0.29, 0.717) is 17.7 Å². The summed E-state index contributed by atoms with van der Waals surface area (Å²) in [5, 5.41) is 10.1. The van der Waals surface area contributed by atoms with Gasteiger partial charge in [0.2, 0.25) is 0 Å².